The summed E-state index contributed by atoms with van der Waals surface area (Å²) in [6.07, 6.45) is 1.56. The van der Waals surface area contributed by atoms with E-state index in [-0.39, 0.29) is 11.3 Å². The summed E-state index contributed by atoms with van der Waals surface area (Å²) in [6.45, 7) is 0. The number of nitro groups is 1. The standard InChI is InChI=1S/C18H16N4O3/c1-21(2)17-8-7-14(22(24)25)10-15(17)18(23)20-13-9-12-5-3-4-6-16(12)19-11-13/h3-11H,1-2H3,(H,20,23). The van der Waals surface area contributed by atoms with E-state index >= 15 is 0 Å². The minimum atomic E-state index is -0.520. The summed E-state index contributed by atoms with van der Waals surface area (Å²) < 4.78 is 0. The molecule has 2 aromatic carbocycles. The van der Waals surface area contributed by atoms with Crippen molar-refractivity contribution in [3.63, 3.8) is 0 Å². The number of para-hydroxylation sites is 1. The molecule has 0 saturated carbocycles. The van der Waals surface area contributed by atoms with Gasteiger partial charge in [0.05, 0.1) is 27.9 Å². The van der Waals surface area contributed by atoms with Crippen molar-refractivity contribution >= 4 is 33.9 Å². The van der Waals surface area contributed by atoms with Crippen molar-refractivity contribution < 1.29 is 9.72 Å². The summed E-state index contributed by atoms with van der Waals surface area (Å²) in [5, 5.41) is 14.7. The maximum atomic E-state index is 12.7. The van der Waals surface area contributed by atoms with Gasteiger partial charge in [0, 0.05) is 37.3 Å². The fourth-order valence-corrected chi connectivity index (χ4v) is 2.55. The fourth-order valence-electron chi connectivity index (χ4n) is 2.55. The third kappa shape index (κ3) is 3.40. The van der Waals surface area contributed by atoms with Crippen molar-refractivity contribution in [1.82, 2.24) is 4.98 Å². The summed E-state index contributed by atoms with van der Waals surface area (Å²) in [4.78, 5) is 29.2. The smallest absolute Gasteiger partial charge is 0.270 e. The van der Waals surface area contributed by atoms with Crippen LogP contribution in [-0.2, 0) is 0 Å². The molecular formula is C18H16N4O3. The topological polar surface area (TPSA) is 88.4 Å². The molecule has 3 rings (SSSR count). The van der Waals surface area contributed by atoms with Gasteiger partial charge in [-0.25, -0.2) is 0 Å². The Morgan fingerprint density at radius 1 is 1.16 bits per heavy atom. The lowest BCUT2D eigenvalue weighted by atomic mass is 10.1. The van der Waals surface area contributed by atoms with E-state index in [9.17, 15) is 14.9 Å². The van der Waals surface area contributed by atoms with Gasteiger partial charge in [-0.2, -0.15) is 0 Å². The highest BCUT2D eigenvalue weighted by Gasteiger charge is 2.18. The fraction of sp³-hybridized carbons (Fsp3) is 0.111. The van der Waals surface area contributed by atoms with Crippen molar-refractivity contribution in [2.24, 2.45) is 0 Å². The largest absolute Gasteiger partial charge is 0.377 e. The molecule has 126 valence electrons. The number of fused-ring (bicyclic) bond motifs is 1. The molecule has 1 N–H and O–H groups in total. The first-order chi connectivity index (χ1) is 12.0. The van der Waals surface area contributed by atoms with Crippen molar-refractivity contribution in [1.29, 1.82) is 0 Å². The van der Waals surface area contributed by atoms with Crippen molar-refractivity contribution in [3.05, 3.63) is 70.4 Å². The van der Waals surface area contributed by atoms with Gasteiger partial charge in [-0.05, 0) is 18.2 Å². The molecule has 7 heteroatoms. The minimum Gasteiger partial charge on any atom is -0.377 e. The zero-order valence-corrected chi connectivity index (χ0v) is 13.8. The lowest BCUT2D eigenvalue weighted by Crippen LogP contribution is -2.19. The lowest BCUT2D eigenvalue weighted by molar-refractivity contribution is -0.384. The van der Waals surface area contributed by atoms with Gasteiger partial charge in [0.1, 0.15) is 0 Å². The van der Waals surface area contributed by atoms with Crippen LogP contribution in [0.4, 0.5) is 17.1 Å². The molecule has 0 bridgehead atoms. The molecule has 0 spiro atoms. The molecule has 0 saturated heterocycles. The monoisotopic (exact) mass is 336 g/mol. The van der Waals surface area contributed by atoms with Crippen LogP contribution in [0.25, 0.3) is 10.9 Å². The highest BCUT2D eigenvalue weighted by molar-refractivity contribution is 6.09. The number of anilines is 2. The highest BCUT2D eigenvalue weighted by atomic mass is 16.6. The maximum Gasteiger partial charge on any atom is 0.270 e. The van der Waals surface area contributed by atoms with E-state index in [4.69, 9.17) is 0 Å². The van der Waals surface area contributed by atoms with E-state index < -0.39 is 10.8 Å². The van der Waals surface area contributed by atoms with Crippen LogP contribution in [0, 0.1) is 10.1 Å². The van der Waals surface area contributed by atoms with Crippen LogP contribution in [0.15, 0.2) is 54.7 Å². The molecule has 0 atom stereocenters. The Hall–Kier alpha value is -3.48. The Labute approximate surface area is 144 Å². The molecule has 0 aliphatic heterocycles. The summed E-state index contributed by atoms with van der Waals surface area (Å²) in [5.74, 6) is -0.426. The first kappa shape index (κ1) is 16.4. The number of hydrogen-bond acceptors (Lipinski definition) is 5. The molecule has 1 aromatic heterocycles. The summed E-state index contributed by atoms with van der Waals surface area (Å²) in [6, 6.07) is 13.6. The van der Waals surface area contributed by atoms with Gasteiger partial charge < -0.3 is 10.2 Å². The number of benzene rings is 2. The van der Waals surface area contributed by atoms with E-state index in [2.05, 4.69) is 10.3 Å². The first-order valence-corrected chi connectivity index (χ1v) is 7.57. The van der Waals surface area contributed by atoms with Crippen LogP contribution in [0.1, 0.15) is 10.4 Å². The van der Waals surface area contributed by atoms with Crippen LogP contribution < -0.4 is 10.2 Å². The minimum absolute atomic E-state index is 0.132. The van der Waals surface area contributed by atoms with Crippen LogP contribution in [0.3, 0.4) is 0 Å². The number of nitrogens with one attached hydrogen (secondary N) is 1. The SMILES string of the molecule is CN(C)c1ccc([N+](=O)[O-])cc1C(=O)Nc1cnc2ccccc2c1. The van der Waals surface area contributed by atoms with Crippen molar-refractivity contribution in [2.75, 3.05) is 24.3 Å². The predicted molar refractivity (Wildman–Crippen MR) is 97.1 cm³/mol. The zero-order chi connectivity index (χ0) is 18.0. The van der Waals surface area contributed by atoms with Gasteiger partial charge in [-0.15, -0.1) is 0 Å². The molecule has 0 aliphatic carbocycles. The molecule has 0 aliphatic rings. The number of amides is 1. The average Bonchev–Trinajstić information content (AvgIpc) is 2.60. The number of pyridine rings is 1. The number of nitrogens with zero attached hydrogens (tertiary/aromatic N) is 3. The van der Waals surface area contributed by atoms with Crippen LogP contribution in [0.2, 0.25) is 0 Å². The van der Waals surface area contributed by atoms with Crippen LogP contribution >= 0.6 is 0 Å². The average molecular weight is 336 g/mol. The van der Waals surface area contributed by atoms with E-state index in [0.717, 1.165) is 10.9 Å². The number of carbonyl (C=O) groups is 1. The van der Waals surface area contributed by atoms with E-state index in [0.29, 0.717) is 11.4 Å². The summed E-state index contributed by atoms with van der Waals surface area (Å²) >= 11 is 0. The second kappa shape index (κ2) is 6.56. The Morgan fingerprint density at radius 3 is 2.64 bits per heavy atom. The molecular weight excluding hydrogens is 320 g/mol. The van der Waals surface area contributed by atoms with Crippen LogP contribution in [0.5, 0.6) is 0 Å². The van der Waals surface area contributed by atoms with Crippen LogP contribution in [-0.4, -0.2) is 29.9 Å². The van der Waals surface area contributed by atoms with E-state index in [1.165, 1.54) is 12.1 Å². The number of hydrogen-bond donors (Lipinski definition) is 1. The Balaban J connectivity index is 1.96. The molecule has 3 aromatic rings. The quantitative estimate of drug-likeness (QED) is 0.582. The normalized spacial score (nSPS) is 10.5. The Morgan fingerprint density at radius 2 is 1.92 bits per heavy atom. The molecule has 25 heavy (non-hydrogen) atoms. The molecule has 7 nitrogen and oxygen atoms in total. The molecule has 1 heterocycles. The van der Waals surface area contributed by atoms with Gasteiger partial charge in [-0.3, -0.25) is 19.9 Å². The second-order valence-electron chi connectivity index (χ2n) is 5.72. The zero-order valence-electron chi connectivity index (χ0n) is 13.8. The van der Waals surface area contributed by atoms with Gasteiger partial charge in [0.15, 0.2) is 0 Å². The Bertz CT molecular complexity index is 969. The van der Waals surface area contributed by atoms with Gasteiger partial charge in [0.2, 0.25) is 0 Å². The van der Waals surface area contributed by atoms with Gasteiger partial charge in [0.25, 0.3) is 11.6 Å². The number of nitro benzene ring substituents is 1. The van der Waals surface area contributed by atoms with Gasteiger partial charge in [-0.1, -0.05) is 18.2 Å². The highest BCUT2D eigenvalue weighted by Crippen LogP contribution is 2.25. The van der Waals surface area contributed by atoms with E-state index in [1.807, 2.05) is 30.3 Å². The molecule has 0 unspecified atom stereocenters. The first-order valence-electron chi connectivity index (χ1n) is 7.57. The maximum absolute atomic E-state index is 12.7. The second-order valence-corrected chi connectivity index (χ2v) is 5.72. The lowest BCUT2D eigenvalue weighted by Gasteiger charge is -2.17. The third-order valence-corrected chi connectivity index (χ3v) is 3.77. The van der Waals surface area contributed by atoms with Crippen molar-refractivity contribution in [2.45, 2.75) is 0 Å². The van der Waals surface area contributed by atoms with Crippen molar-refractivity contribution in [3.8, 4) is 0 Å². The third-order valence-electron chi connectivity index (χ3n) is 3.77. The summed E-state index contributed by atoms with van der Waals surface area (Å²) in [7, 11) is 3.55. The van der Waals surface area contributed by atoms with E-state index in [1.54, 1.807) is 31.3 Å². The molecule has 0 radical (unpaired) electrons. The Kier molecular flexibility index (Phi) is 4.30. The number of carbonyl (C=O) groups excluding carboxylic acids is 1. The molecule has 1 amide bonds. The molecule has 0 fully saturated rings. The number of aromatic nitrogens is 1. The van der Waals surface area contributed by atoms with Gasteiger partial charge >= 0.3 is 0 Å². The predicted octanol–water partition coefficient (Wildman–Crippen LogP) is 3.46. The summed E-state index contributed by atoms with van der Waals surface area (Å²) in [5.41, 5.74) is 2.04. The number of non-ortho nitro benzene ring substituents is 1. The number of rotatable bonds is 4.